The number of hydrogen-bond acceptors (Lipinski definition) is 6. The molecule has 6 heteroatoms. The lowest BCUT2D eigenvalue weighted by molar-refractivity contribution is 0.126. The van der Waals surface area contributed by atoms with Crippen LogP contribution in [0, 0.1) is 20.8 Å². The number of nitrogens with zero attached hydrogens (tertiary/aromatic N) is 2. The summed E-state index contributed by atoms with van der Waals surface area (Å²) in [6.45, 7) is 6.27. The first kappa shape index (κ1) is 15.3. The molecule has 20 heavy (non-hydrogen) atoms. The minimum atomic E-state index is -0.523. The number of aromatic nitrogens is 2. The Bertz CT molecular complexity index is 552. The molecule has 0 aliphatic heterocycles. The first-order chi connectivity index (χ1) is 9.52. The number of aliphatic hydroxyl groups excluding tert-OH is 1. The van der Waals surface area contributed by atoms with E-state index in [4.69, 9.17) is 4.74 Å². The molecule has 1 N–H and O–H groups in total. The van der Waals surface area contributed by atoms with E-state index in [2.05, 4.69) is 16.3 Å². The Hall–Kier alpha value is -1.11. The summed E-state index contributed by atoms with van der Waals surface area (Å²) in [6, 6.07) is 6.04. The van der Waals surface area contributed by atoms with Crippen molar-refractivity contribution in [2.24, 2.45) is 0 Å². The van der Waals surface area contributed by atoms with E-state index in [0.717, 1.165) is 26.2 Å². The molecule has 0 amide bonds. The molecule has 0 spiro atoms. The molecule has 0 radical (unpaired) electrons. The molecule has 2 rings (SSSR count). The minimum Gasteiger partial charge on any atom is -0.491 e. The third-order valence-corrected chi connectivity index (χ3v) is 4.66. The smallest absolute Gasteiger partial charge is 0.174 e. The summed E-state index contributed by atoms with van der Waals surface area (Å²) < 4.78 is 6.51. The Balaban J connectivity index is 1.78. The first-order valence-corrected chi connectivity index (χ1v) is 8.15. The van der Waals surface area contributed by atoms with Crippen LogP contribution in [0.3, 0.4) is 0 Å². The Morgan fingerprint density at radius 1 is 1.20 bits per heavy atom. The van der Waals surface area contributed by atoms with Gasteiger partial charge in [0, 0.05) is 5.75 Å². The van der Waals surface area contributed by atoms with Gasteiger partial charge in [0.25, 0.3) is 0 Å². The molecule has 1 aromatic carbocycles. The topological polar surface area (TPSA) is 55.2 Å². The van der Waals surface area contributed by atoms with Crippen molar-refractivity contribution < 1.29 is 9.84 Å². The molecule has 0 aliphatic carbocycles. The van der Waals surface area contributed by atoms with E-state index < -0.39 is 6.10 Å². The van der Waals surface area contributed by atoms with E-state index in [1.54, 1.807) is 0 Å². The number of aryl methyl sites for hydroxylation is 3. The molecular formula is C14H18N2O2S2. The van der Waals surface area contributed by atoms with Crippen LogP contribution in [0.1, 0.15) is 16.1 Å². The van der Waals surface area contributed by atoms with Crippen LogP contribution in [0.15, 0.2) is 22.5 Å². The van der Waals surface area contributed by atoms with E-state index in [1.165, 1.54) is 23.1 Å². The van der Waals surface area contributed by atoms with Crippen LogP contribution in [0.4, 0.5) is 0 Å². The summed E-state index contributed by atoms with van der Waals surface area (Å²) in [4.78, 5) is 0. The lowest BCUT2D eigenvalue weighted by Gasteiger charge is -2.12. The SMILES string of the molecule is Cc1cc(C)cc(OCC(O)CSc2nnc(C)s2)c1. The van der Waals surface area contributed by atoms with Crippen LogP contribution >= 0.6 is 23.1 Å². The number of thioether (sulfide) groups is 1. The van der Waals surface area contributed by atoms with Gasteiger partial charge in [-0.3, -0.25) is 0 Å². The van der Waals surface area contributed by atoms with Gasteiger partial charge >= 0.3 is 0 Å². The van der Waals surface area contributed by atoms with Crippen LogP contribution in [-0.2, 0) is 0 Å². The van der Waals surface area contributed by atoms with E-state index >= 15 is 0 Å². The van der Waals surface area contributed by atoms with Gasteiger partial charge in [-0.25, -0.2) is 0 Å². The van der Waals surface area contributed by atoms with Crippen molar-refractivity contribution in [1.29, 1.82) is 0 Å². The summed E-state index contributed by atoms with van der Waals surface area (Å²) in [5.74, 6) is 1.36. The van der Waals surface area contributed by atoms with Crippen molar-refractivity contribution in [2.45, 2.75) is 31.2 Å². The third-order valence-electron chi connectivity index (χ3n) is 2.54. The van der Waals surface area contributed by atoms with Gasteiger partial charge in [0.15, 0.2) is 4.34 Å². The van der Waals surface area contributed by atoms with Crippen molar-refractivity contribution >= 4 is 23.1 Å². The zero-order valence-electron chi connectivity index (χ0n) is 11.8. The highest BCUT2D eigenvalue weighted by Crippen LogP contribution is 2.23. The maximum Gasteiger partial charge on any atom is 0.174 e. The second kappa shape index (κ2) is 7.06. The summed E-state index contributed by atoms with van der Waals surface area (Å²) >= 11 is 3.04. The Morgan fingerprint density at radius 3 is 2.50 bits per heavy atom. The molecule has 1 atom stereocenters. The van der Waals surface area contributed by atoms with Gasteiger partial charge in [0.1, 0.15) is 17.4 Å². The normalized spacial score (nSPS) is 12.4. The number of ether oxygens (including phenoxy) is 1. The highest BCUT2D eigenvalue weighted by atomic mass is 32.2. The van der Waals surface area contributed by atoms with Crippen LogP contribution in [0.2, 0.25) is 0 Å². The van der Waals surface area contributed by atoms with Crippen LogP contribution in [0.25, 0.3) is 0 Å². The highest BCUT2D eigenvalue weighted by molar-refractivity contribution is 8.01. The highest BCUT2D eigenvalue weighted by Gasteiger charge is 2.09. The van der Waals surface area contributed by atoms with Gasteiger partial charge in [-0.1, -0.05) is 29.2 Å². The molecule has 0 saturated heterocycles. The second-order valence-corrected chi connectivity index (χ2v) is 7.14. The predicted octanol–water partition coefficient (Wildman–Crippen LogP) is 3.00. The predicted molar refractivity (Wildman–Crippen MR) is 82.8 cm³/mol. The maximum absolute atomic E-state index is 9.93. The first-order valence-electron chi connectivity index (χ1n) is 6.35. The monoisotopic (exact) mass is 310 g/mol. The Kier molecular flexibility index (Phi) is 5.39. The van der Waals surface area contributed by atoms with E-state index in [1.807, 2.05) is 32.9 Å². The van der Waals surface area contributed by atoms with Gasteiger partial charge < -0.3 is 9.84 Å². The van der Waals surface area contributed by atoms with Gasteiger partial charge in [-0.05, 0) is 44.0 Å². The summed E-state index contributed by atoms with van der Waals surface area (Å²) in [5, 5.41) is 18.8. The fraction of sp³-hybridized carbons (Fsp3) is 0.429. The second-order valence-electron chi connectivity index (χ2n) is 4.69. The summed E-state index contributed by atoms with van der Waals surface area (Å²) in [7, 11) is 0. The largest absolute Gasteiger partial charge is 0.491 e. The van der Waals surface area contributed by atoms with E-state index in [-0.39, 0.29) is 6.61 Å². The van der Waals surface area contributed by atoms with E-state index in [0.29, 0.717) is 5.75 Å². The molecule has 4 nitrogen and oxygen atoms in total. The molecule has 0 aliphatic rings. The summed E-state index contributed by atoms with van der Waals surface area (Å²) in [6.07, 6.45) is -0.523. The lowest BCUT2D eigenvalue weighted by atomic mass is 10.1. The van der Waals surface area contributed by atoms with Crippen LogP contribution in [0.5, 0.6) is 5.75 Å². The molecule has 2 aromatic rings. The van der Waals surface area contributed by atoms with Gasteiger partial charge in [0.05, 0.1) is 6.10 Å². The zero-order valence-corrected chi connectivity index (χ0v) is 13.4. The Morgan fingerprint density at radius 2 is 1.90 bits per heavy atom. The van der Waals surface area contributed by atoms with Crippen molar-refractivity contribution in [2.75, 3.05) is 12.4 Å². The molecular weight excluding hydrogens is 292 g/mol. The number of rotatable bonds is 6. The molecule has 108 valence electrons. The molecule has 1 unspecified atom stereocenters. The molecule has 0 saturated carbocycles. The third kappa shape index (κ3) is 4.77. The standard InChI is InChI=1S/C14H18N2O2S2/c1-9-4-10(2)6-13(5-9)18-7-12(17)8-19-14-16-15-11(3)20-14/h4-6,12,17H,7-8H2,1-3H3. The average molecular weight is 310 g/mol. The fourth-order valence-electron chi connectivity index (χ4n) is 1.76. The van der Waals surface area contributed by atoms with Crippen molar-refractivity contribution in [3.8, 4) is 5.75 Å². The zero-order chi connectivity index (χ0) is 14.5. The Labute approximate surface area is 127 Å². The molecule has 0 fully saturated rings. The number of benzene rings is 1. The van der Waals surface area contributed by atoms with Crippen LogP contribution < -0.4 is 4.74 Å². The fourth-order valence-corrected chi connectivity index (χ4v) is 3.51. The average Bonchev–Trinajstić information content (AvgIpc) is 2.79. The molecule has 0 bridgehead atoms. The van der Waals surface area contributed by atoms with Gasteiger partial charge in [-0.2, -0.15) is 0 Å². The van der Waals surface area contributed by atoms with Crippen molar-refractivity contribution in [3.05, 3.63) is 34.3 Å². The lowest BCUT2D eigenvalue weighted by Crippen LogP contribution is -2.20. The van der Waals surface area contributed by atoms with Crippen molar-refractivity contribution in [1.82, 2.24) is 10.2 Å². The minimum absolute atomic E-state index is 0.285. The number of aliphatic hydroxyl groups is 1. The molecule has 1 heterocycles. The quantitative estimate of drug-likeness (QED) is 0.831. The van der Waals surface area contributed by atoms with Crippen molar-refractivity contribution in [3.63, 3.8) is 0 Å². The summed E-state index contributed by atoms with van der Waals surface area (Å²) in [5.41, 5.74) is 2.32. The number of hydrogen-bond donors (Lipinski definition) is 1. The van der Waals surface area contributed by atoms with Crippen LogP contribution in [-0.4, -0.2) is 33.8 Å². The van der Waals surface area contributed by atoms with E-state index in [9.17, 15) is 5.11 Å². The maximum atomic E-state index is 9.93. The van der Waals surface area contributed by atoms with Gasteiger partial charge in [0.2, 0.25) is 0 Å². The molecule has 1 aromatic heterocycles. The van der Waals surface area contributed by atoms with Gasteiger partial charge in [-0.15, -0.1) is 10.2 Å².